The Bertz CT molecular complexity index is 875. The van der Waals surface area contributed by atoms with Gasteiger partial charge in [-0.05, 0) is 47.9 Å². The van der Waals surface area contributed by atoms with Crippen LogP contribution in [0.5, 0.6) is 0 Å². The average Bonchev–Trinajstić information content (AvgIpc) is 2.55. The Kier molecular flexibility index (Phi) is 4.21. The van der Waals surface area contributed by atoms with E-state index in [2.05, 4.69) is 0 Å². The predicted molar refractivity (Wildman–Crippen MR) is 105 cm³/mol. The highest BCUT2D eigenvalue weighted by Crippen LogP contribution is 2.45. The van der Waals surface area contributed by atoms with E-state index in [1.54, 1.807) is 0 Å². The van der Waals surface area contributed by atoms with E-state index in [0.29, 0.717) is 11.1 Å². The minimum Gasteiger partial charge on any atom is -0.506 e. The third kappa shape index (κ3) is 2.84. The topological polar surface area (TPSA) is 46.9 Å². The Morgan fingerprint density at radius 1 is 0.680 bits per heavy atom. The van der Waals surface area contributed by atoms with E-state index >= 15 is 0 Å². The van der Waals surface area contributed by atoms with E-state index in [0.717, 1.165) is 28.1 Å². The van der Waals surface area contributed by atoms with Crippen molar-refractivity contribution in [2.75, 3.05) is 38.0 Å². The lowest BCUT2D eigenvalue weighted by Crippen LogP contribution is -2.13. The van der Waals surface area contributed by atoms with Crippen molar-refractivity contribution in [2.24, 2.45) is 0 Å². The first-order valence-electron chi connectivity index (χ1n) is 8.24. The molecule has 0 atom stereocenters. The summed E-state index contributed by atoms with van der Waals surface area (Å²) in [6.07, 6.45) is 0. The van der Waals surface area contributed by atoms with Crippen LogP contribution >= 0.6 is 0 Å². The number of rotatable bonds is 4. The van der Waals surface area contributed by atoms with E-state index in [1.807, 2.05) is 87.4 Å². The molecule has 0 bridgehead atoms. The van der Waals surface area contributed by atoms with Crippen LogP contribution in [0.2, 0.25) is 0 Å². The summed E-state index contributed by atoms with van der Waals surface area (Å²) in [5.74, 6) is 0.291. The first kappa shape index (κ1) is 17.0. The molecule has 0 radical (unpaired) electrons. The number of hydrogen-bond acceptors (Lipinski definition) is 4. The molecule has 1 aliphatic carbocycles. The normalized spacial score (nSPS) is 13.8. The third-order valence-electron chi connectivity index (χ3n) is 4.59. The number of aryl methyl sites for hydroxylation is 1. The zero-order chi connectivity index (χ0) is 18.3. The largest absolute Gasteiger partial charge is 0.506 e. The fourth-order valence-electron chi connectivity index (χ4n) is 3.20. The maximum Gasteiger partial charge on any atom is 0.138 e. The molecule has 0 amide bonds. The summed E-state index contributed by atoms with van der Waals surface area (Å²) in [6.45, 7) is 2.02. The van der Waals surface area contributed by atoms with Crippen LogP contribution in [0.25, 0.3) is 11.1 Å². The molecule has 25 heavy (non-hydrogen) atoms. The number of aliphatic hydroxyl groups is 2. The average molecular weight is 336 g/mol. The molecule has 3 rings (SSSR count). The molecule has 0 saturated carbocycles. The molecule has 0 spiro atoms. The molecular weight excluding hydrogens is 312 g/mol. The van der Waals surface area contributed by atoms with Gasteiger partial charge in [0.05, 0.1) is 11.1 Å². The van der Waals surface area contributed by atoms with E-state index in [1.165, 1.54) is 0 Å². The summed E-state index contributed by atoms with van der Waals surface area (Å²) in [7, 11) is 7.94. The van der Waals surface area contributed by atoms with Gasteiger partial charge in [0, 0.05) is 39.6 Å². The lowest BCUT2D eigenvalue weighted by Gasteiger charge is -2.25. The standard InChI is InChI=1S/C21H24N2O2/c1-13-12-15(8-11-17(13)23(4)5)19-20(24)18(21(19)25)14-6-9-16(10-7-14)22(2)3/h6-12,24-25H,1-5H3. The summed E-state index contributed by atoms with van der Waals surface area (Å²) in [4.78, 5) is 4.05. The Hall–Kier alpha value is -2.88. The quantitative estimate of drug-likeness (QED) is 0.870. The molecule has 4 nitrogen and oxygen atoms in total. The van der Waals surface area contributed by atoms with Crippen molar-refractivity contribution >= 4 is 22.5 Å². The van der Waals surface area contributed by atoms with Crippen LogP contribution < -0.4 is 9.80 Å². The minimum absolute atomic E-state index is 0.145. The van der Waals surface area contributed by atoms with Gasteiger partial charge in [0.1, 0.15) is 11.5 Å². The molecule has 2 aromatic carbocycles. The van der Waals surface area contributed by atoms with Crippen LogP contribution in [0, 0.1) is 6.92 Å². The Balaban J connectivity index is 1.92. The molecule has 1 aliphatic rings. The van der Waals surface area contributed by atoms with Crippen LogP contribution in [0.15, 0.2) is 54.0 Å². The van der Waals surface area contributed by atoms with E-state index < -0.39 is 0 Å². The molecule has 4 heteroatoms. The van der Waals surface area contributed by atoms with E-state index in [-0.39, 0.29) is 11.5 Å². The third-order valence-corrected chi connectivity index (χ3v) is 4.59. The Morgan fingerprint density at radius 3 is 1.68 bits per heavy atom. The number of allylic oxidation sites excluding steroid dienone is 2. The zero-order valence-electron chi connectivity index (χ0n) is 15.3. The Labute approximate surface area is 148 Å². The predicted octanol–water partition coefficient (Wildman–Crippen LogP) is 4.38. The number of hydrogen-bond donors (Lipinski definition) is 2. The second kappa shape index (κ2) is 6.20. The van der Waals surface area contributed by atoms with Gasteiger partial charge < -0.3 is 20.0 Å². The summed E-state index contributed by atoms with van der Waals surface area (Å²) in [5, 5.41) is 21.1. The number of benzene rings is 2. The fourth-order valence-corrected chi connectivity index (χ4v) is 3.20. The molecule has 2 aromatic rings. The van der Waals surface area contributed by atoms with Gasteiger partial charge >= 0.3 is 0 Å². The molecule has 0 heterocycles. The van der Waals surface area contributed by atoms with Crippen molar-refractivity contribution in [3.8, 4) is 0 Å². The van der Waals surface area contributed by atoms with E-state index in [4.69, 9.17) is 0 Å². The first-order valence-corrected chi connectivity index (χ1v) is 8.24. The van der Waals surface area contributed by atoms with Gasteiger partial charge in [0.15, 0.2) is 0 Å². The highest BCUT2D eigenvalue weighted by Gasteiger charge is 2.31. The Morgan fingerprint density at radius 2 is 1.20 bits per heavy atom. The van der Waals surface area contributed by atoms with Crippen molar-refractivity contribution in [2.45, 2.75) is 6.92 Å². The molecule has 0 fully saturated rings. The van der Waals surface area contributed by atoms with Gasteiger partial charge in [-0.3, -0.25) is 0 Å². The minimum atomic E-state index is 0.145. The summed E-state index contributed by atoms with van der Waals surface area (Å²) >= 11 is 0. The van der Waals surface area contributed by atoms with Gasteiger partial charge in [0.25, 0.3) is 0 Å². The molecule has 0 saturated heterocycles. The highest BCUT2D eigenvalue weighted by molar-refractivity contribution is 6.06. The van der Waals surface area contributed by atoms with Crippen molar-refractivity contribution in [3.05, 3.63) is 70.7 Å². The van der Waals surface area contributed by atoms with Gasteiger partial charge in [-0.25, -0.2) is 0 Å². The molecule has 2 N–H and O–H groups in total. The van der Waals surface area contributed by atoms with Crippen LogP contribution in [-0.2, 0) is 0 Å². The summed E-state index contributed by atoms with van der Waals surface area (Å²) < 4.78 is 0. The van der Waals surface area contributed by atoms with Crippen molar-refractivity contribution in [3.63, 3.8) is 0 Å². The highest BCUT2D eigenvalue weighted by atomic mass is 16.3. The van der Waals surface area contributed by atoms with Crippen LogP contribution in [0.4, 0.5) is 11.4 Å². The lowest BCUT2D eigenvalue weighted by molar-refractivity contribution is 0.390. The van der Waals surface area contributed by atoms with Gasteiger partial charge in [-0.15, -0.1) is 0 Å². The SMILES string of the molecule is Cc1cc(C2=C(O)C(c3ccc(N(C)C)cc3)=C2O)ccc1N(C)C. The molecular formula is C21H24N2O2. The fraction of sp³-hybridized carbons (Fsp3) is 0.238. The second-order valence-corrected chi connectivity index (χ2v) is 6.78. The second-order valence-electron chi connectivity index (χ2n) is 6.78. The number of nitrogens with zero attached hydrogens (tertiary/aromatic N) is 2. The first-order chi connectivity index (χ1) is 11.8. The maximum absolute atomic E-state index is 10.5. The van der Waals surface area contributed by atoms with Crippen molar-refractivity contribution in [1.82, 2.24) is 0 Å². The van der Waals surface area contributed by atoms with Gasteiger partial charge in [-0.2, -0.15) is 0 Å². The van der Waals surface area contributed by atoms with Gasteiger partial charge in [0.2, 0.25) is 0 Å². The molecule has 0 unspecified atom stereocenters. The summed E-state index contributed by atoms with van der Waals surface area (Å²) in [6, 6.07) is 13.7. The zero-order valence-corrected chi connectivity index (χ0v) is 15.3. The smallest absolute Gasteiger partial charge is 0.138 e. The van der Waals surface area contributed by atoms with Crippen molar-refractivity contribution < 1.29 is 10.2 Å². The van der Waals surface area contributed by atoms with Crippen LogP contribution in [-0.4, -0.2) is 38.4 Å². The lowest BCUT2D eigenvalue weighted by atomic mass is 9.84. The van der Waals surface area contributed by atoms with Gasteiger partial charge in [-0.1, -0.05) is 18.2 Å². The molecule has 0 aromatic heterocycles. The van der Waals surface area contributed by atoms with Crippen LogP contribution in [0.3, 0.4) is 0 Å². The van der Waals surface area contributed by atoms with E-state index in [9.17, 15) is 10.2 Å². The van der Waals surface area contributed by atoms with Crippen LogP contribution in [0.1, 0.15) is 16.7 Å². The molecule has 0 aliphatic heterocycles. The molecule has 130 valence electrons. The summed E-state index contributed by atoms with van der Waals surface area (Å²) in [5.41, 5.74) is 5.94. The van der Waals surface area contributed by atoms with Crippen molar-refractivity contribution in [1.29, 1.82) is 0 Å². The maximum atomic E-state index is 10.5. The number of aliphatic hydroxyl groups excluding tert-OH is 2. The monoisotopic (exact) mass is 336 g/mol. The number of anilines is 2.